The highest BCUT2D eigenvalue weighted by Crippen LogP contribution is 2.22. The van der Waals surface area contributed by atoms with Crippen molar-refractivity contribution in [3.63, 3.8) is 0 Å². The summed E-state index contributed by atoms with van der Waals surface area (Å²) in [5.41, 5.74) is 2.03. The van der Waals surface area contributed by atoms with Crippen LogP contribution in [-0.2, 0) is 20.7 Å². The van der Waals surface area contributed by atoms with Crippen LogP contribution in [0.1, 0.15) is 12.0 Å². The van der Waals surface area contributed by atoms with E-state index in [4.69, 9.17) is 4.74 Å². The van der Waals surface area contributed by atoms with Gasteiger partial charge in [-0.05, 0) is 18.1 Å². The van der Waals surface area contributed by atoms with Gasteiger partial charge in [0.05, 0.1) is 19.4 Å². The molecule has 1 aliphatic rings. The lowest BCUT2D eigenvalue weighted by atomic mass is 10.1. The maximum Gasteiger partial charge on any atom is 0.310 e. The summed E-state index contributed by atoms with van der Waals surface area (Å²) in [5, 5.41) is 1.08. The molecule has 21 heavy (non-hydrogen) atoms. The van der Waals surface area contributed by atoms with E-state index in [-0.39, 0.29) is 17.8 Å². The van der Waals surface area contributed by atoms with Crippen molar-refractivity contribution in [3.05, 3.63) is 36.0 Å². The Hall–Kier alpha value is -2.30. The predicted molar refractivity (Wildman–Crippen MR) is 78.7 cm³/mol. The number of carbonyl (C=O) groups excluding carboxylic acids is 2. The molecule has 1 fully saturated rings. The van der Waals surface area contributed by atoms with Gasteiger partial charge >= 0.3 is 5.97 Å². The number of H-pyrrole nitrogens is 1. The van der Waals surface area contributed by atoms with E-state index in [1.165, 1.54) is 7.11 Å². The van der Waals surface area contributed by atoms with Gasteiger partial charge in [0, 0.05) is 30.2 Å². The first-order valence-corrected chi connectivity index (χ1v) is 7.09. The number of nitrogens with one attached hydrogen (secondary N) is 1. The second-order valence-electron chi connectivity index (χ2n) is 5.38. The average molecular weight is 286 g/mol. The zero-order chi connectivity index (χ0) is 14.8. The summed E-state index contributed by atoms with van der Waals surface area (Å²) in [6, 6.07) is 7.93. The smallest absolute Gasteiger partial charge is 0.310 e. The van der Waals surface area contributed by atoms with Crippen LogP contribution in [0, 0.1) is 5.92 Å². The van der Waals surface area contributed by atoms with Gasteiger partial charge < -0.3 is 14.6 Å². The molecule has 2 aromatic rings. The summed E-state index contributed by atoms with van der Waals surface area (Å²) in [6.07, 6.45) is 2.93. The number of aromatic amines is 1. The lowest BCUT2D eigenvalue weighted by Gasteiger charge is -2.15. The van der Waals surface area contributed by atoms with Crippen LogP contribution in [0.4, 0.5) is 0 Å². The van der Waals surface area contributed by atoms with Crippen molar-refractivity contribution in [1.29, 1.82) is 0 Å². The van der Waals surface area contributed by atoms with Crippen molar-refractivity contribution in [2.45, 2.75) is 12.8 Å². The Labute approximate surface area is 122 Å². The predicted octanol–water partition coefficient (Wildman–Crippen LogP) is 1.73. The Bertz CT molecular complexity index is 677. The number of aromatic nitrogens is 1. The Morgan fingerprint density at radius 1 is 1.38 bits per heavy atom. The number of esters is 1. The van der Waals surface area contributed by atoms with Crippen molar-refractivity contribution < 1.29 is 14.3 Å². The highest BCUT2D eigenvalue weighted by Gasteiger charge is 2.31. The lowest BCUT2D eigenvalue weighted by molar-refractivity contribution is -0.145. The zero-order valence-electron chi connectivity index (χ0n) is 12.0. The van der Waals surface area contributed by atoms with Gasteiger partial charge in [-0.2, -0.15) is 0 Å². The fraction of sp³-hybridized carbons (Fsp3) is 0.375. The van der Waals surface area contributed by atoms with Gasteiger partial charge in [0.1, 0.15) is 0 Å². The van der Waals surface area contributed by atoms with Gasteiger partial charge in [-0.3, -0.25) is 9.59 Å². The average Bonchev–Trinajstić information content (AvgIpc) is 3.14. The Kier molecular flexibility index (Phi) is 3.64. The first-order valence-electron chi connectivity index (χ1n) is 7.09. The number of nitrogens with zero attached hydrogens (tertiary/aromatic N) is 1. The molecule has 110 valence electrons. The number of fused-ring (bicyclic) bond motifs is 1. The summed E-state index contributed by atoms with van der Waals surface area (Å²) in [4.78, 5) is 28.8. The third kappa shape index (κ3) is 2.63. The normalized spacial score (nSPS) is 18.1. The molecular formula is C16H18N2O3. The number of likely N-dealkylation sites (tertiary alicyclic amines) is 1. The quantitative estimate of drug-likeness (QED) is 0.874. The van der Waals surface area contributed by atoms with E-state index < -0.39 is 0 Å². The van der Waals surface area contributed by atoms with Crippen LogP contribution in [0.3, 0.4) is 0 Å². The molecule has 1 aromatic heterocycles. The molecule has 5 heteroatoms. The standard InChI is InChI=1S/C16H18N2O3/c1-21-16(20)11-6-7-18(10-11)15(19)8-12-9-17-14-5-3-2-4-13(12)14/h2-5,9,11,17H,6-8,10H2,1H3. The van der Waals surface area contributed by atoms with Gasteiger partial charge in [-0.25, -0.2) is 0 Å². The van der Waals surface area contributed by atoms with Gasteiger partial charge in [-0.1, -0.05) is 18.2 Å². The lowest BCUT2D eigenvalue weighted by Crippen LogP contribution is -2.31. The molecule has 5 nitrogen and oxygen atoms in total. The van der Waals surface area contributed by atoms with Crippen LogP contribution in [-0.4, -0.2) is 42.0 Å². The van der Waals surface area contributed by atoms with Gasteiger partial charge in [0.15, 0.2) is 0 Å². The number of hydrogen-bond donors (Lipinski definition) is 1. The minimum absolute atomic E-state index is 0.0613. The van der Waals surface area contributed by atoms with E-state index in [1.807, 2.05) is 30.5 Å². The number of ether oxygens (including phenoxy) is 1. The van der Waals surface area contributed by atoms with Gasteiger partial charge in [0.2, 0.25) is 5.91 Å². The topological polar surface area (TPSA) is 62.4 Å². The van der Waals surface area contributed by atoms with E-state index in [9.17, 15) is 9.59 Å². The van der Waals surface area contributed by atoms with Crippen LogP contribution in [0.5, 0.6) is 0 Å². The molecule has 1 amide bonds. The number of amides is 1. The molecule has 0 radical (unpaired) electrons. The summed E-state index contributed by atoms with van der Waals surface area (Å²) >= 11 is 0. The molecule has 0 bridgehead atoms. The van der Waals surface area contributed by atoms with Crippen LogP contribution < -0.4 is 0 Å². The summed E-state index contributed by atoms with van der Waals surface area (Å²) < 4.78 is 4.74. The van der Waals surface area contributed by atoms with E-state index in [1.54, 1.807) is 4.90 Å². The van der Waals surface area contributed by atoms with Crippen LogP contribution >= 0.6 is 0 Å². The van der Waals surface area contributed by atoms with E-state index in [0.29, 0.717) is 25.9 Å². The number of para-hydroxylation sites is 1. The zero-order valence-corrected chi connectivity index (χ0v) is 12.0. The molecule has 3 rings (SSSR count). The highest BCUT2D eigenvalue weighted by molar-refractivity contribution is 5.89. The second-order valence-corrected chi connectivity index (χ2v) is 5.38. The third-order valence-corrected chi connectivity index (χ3v) is 4.09. The van der Waals surface area contributed by atoms with Crippen molar-refractivity contribution >= 4 is 22.8 Å². The molecule has 1 atom stereocenters. The first kappa shape index (κ1) is 13.7. The SMILES string of the molecule is COC(=O)C1CCN(C(=O)Cc2c[nH]c3ccccc23)C1. The van der Waals surface area contributed by atoms with Crippen molar-refractivity contribution in [2.75, 3.05) is 20.2 Å². The number of rotatable bonds is 3. The number of methoxy groups -OCH3 is 1. The Balaban J connectivity index is 1.68. The summed E-state index contributed by atoms with van der Waals surface area (Å²) in [5.74, 6) is -0.342. The first-order chi connectivity index (χ1) is 10.2. The molecule has 1 aromatic carbocycles. The highest BCUT2D eigenvalue weighted by atomic mass is 16.5. The van der Waals surface area contributed by atoms with E-state index in [2.05, 4.69) is 4.98 Å². The number of carbonyl (C=O) groups is 2. The van der Waals surface area contributed by atoms with Gasteiger partial charge in [-0.15, -0.1) is 0 Å². The van der Waals surface area contributed by atoms with Crippen LogP contribution in [0.15, 0.2) is 30.5 Å². The van der Waals surface area contributed by atoms with Crippen molar-refractivity contribution in [2.24, 2.45) is 5.92 Å². The Morgan fingerprint density at radius 2 is 2.19 bits per heavy atom. The minimum Gasteiger partial charge on any atom is -0.469 e. The molecule has 0 aliphatic carbocycles. The maximum atomic E-state index is 12.4. The second kappa shape index (κ2) is 5.60. The largest absolute Gasteiger partial charge is 0.469 e. The molecule has 2 heterocycles. The number of hydrogen-bond acceptors (Lipinski definition) is 3. The number of benzene rings is 1. The monoisotopic (exact) mass is 286 g/mol. The fourth-order valence-electron chi connectivity index (χ4n) is 2.90. The van der Waals surface area contributed by atoms with Crippen LogP contribution in [0.2, 0.25) is 0 Å². The molecular weight excluding hydrogens is 268 g/mol. The minimum atomic E-state index is -0.225. The van der Waals surface area contributed by atoms with E-state index in [0.717, 1.165) is 16.5 Å². The molecule has 0 saturated carbocycles. The van der Waals surface area contributed by atoms with Crippen molar-refractivity contribution in [1.82, 2.24) is 9.88 Å². The molecule has 1 aliphatic heterocycles. The van der Waals surface area contributed by atoms with Crippen LogP contribution in [0.25, 0.3) is 10.9 Å². The van der Waals surface area contributed by atoms with E-state index >= 15 is 0 Å². The van der Waals surface area contributed by atoms with Crippen molar-refractivity contribution in [3.8, 4) is 0 Å². The molecule has 1 saturated heterocycles. The Morgan fingerprint density at radius 3 is 3.00 bits per heavy atom. The fourth-order valence-corrected chi connectivity index (χ4v) is 2.90. The third-order valence-electron chi connectivity index (χ3n) is 4.09. The summed E-state index contributed by atoms with van der Waals surface area (Å²) in [6.45, 7) is 1.09. The van der Waals surface area contributed by atoms with Gasteiger partial charge in [0.25, 0.3) is 0 Å². The summed E-state index contributed by atoms with van der Waals surface area (Å²) in [7, 11) is 1.39. The molecule has 1 unspecified atom stereocenters. The maximum absolute atomic E-state index is 12.4. The molecule has 1 N–H and O–H groups in total. The molecule has 0 spiro atoms.